The third-order valence-corrected chi connectivity index (χ3v) is 13.4. The van der Waals surface area contributed by atoms with E-state index in [1.165, 1.54) is 57.3 Å². The standard InChI is InChI=1S/C52H59N4O2S2/c1-51(2,44-18-9-11-20-46(44)53-5)32-14-15-38-22-27-42(28-23-38)54(6)33-35-59-49(57)40-16-13-17-41(37-40)50(58)60-36-34-55(7)43-29-24-39(25-30-43)26-31-48-52(3,4)45-19-10-12-21-47(45)56(48)8/h9-31,37,53H,32-36H2,1-8H3/q+1/p+1/b15-14+. The minimum absolute atomic E-state index is 0.0217. The first kappa shape index (κ1) is 44.4. The summed E-state index contributed by atoms with van der Waals surface area (Å²) in [6, 6.07) is 41.5. The van der Waals surface area contributed by atoms with Gasteiger partial charge in [0, 0.05) is 84.5 Å². The van der Waals surface area contributed by atoms with Crippen LogP contribution in [-0.4, -0.2) is 73.3 Å². The Bertz CT molecular complexity index is 2380. The van der Waals surface area contributed by atoms with Crippen molar-refractivity contribution in [3.63, 3.8) is 0 Å². The molecule has 5 aromatic rings. The number of carbonyl (C=O) groups is 2. The van der Waals surface area contributed by atoms with Gasteiger partial charge in [-0.05, 0) is 79.3 Å². The molecule has 8 heteroatoms. The number of para-hydroxylation sites is 2. The summed E-state index contributed by atoms with van der Waals surface area (Å²) in [5.41, 5.74) is 12.1. The maximum absolute atomic E-state index is 13.2. The zero-order chi connectivity index (χ0) is 42.9. The van der Waals surface area contributed by atoms with Gasteiger partial charge in [-0.1, -0.05) is 128 Å². The van der Waals surface area contributed by atoms with Crippen molar-refractivity contribution in [2.24, 2.45) is 0 Å². The van der Waals surface area contributed by atoms with Gasteiger partial charge in [0.2, 0.25) is 15.9 Å². The molecule has 6 nitrogen and oxygen atoms in total. The van der Waals surface area contributed by atoms with Crippen molar-refractivity contribution in [1.29, 1.82) is 0 Å². The maximum atomic E-state index is 13.2. The smallest absolute Gasteiger partial charge is 0.219 e. The average Bonchev–Trinajstić information content (AvgIpc) is 3.45. The molecule has 0 radical (unpaired) electrons. The van der Waals surface area contributed by atoms with E-state index in [0.717, 1.165) is 29.9 Å². The first-order chi connectivity index (χ1) is 28.8. The van der Waals surface area contributed by atoms with Gasteiger partial charge in [-0.3, -0.25) is 9.59 Å². The lowest BCUT2D eigenvalue weighted by Crippen LogP contribution is -2.73. The predicted molar refractivity (Wildman–Crippen MR) is 259 cm³/mol. The molecule has 0 saturated carbocycles. The number of carbonyl (C=O) groups excluding carboxylic acids is 2. The Kier molecular flexibility index (Phi) is 14.8. The molecular weight excluding hydrogens is 777 g/mol. The number of benzene rings is 5. The van der Waals surface area contributed by atoms with Crippen LogP contribution in [0.15, 0.2) is 133 Å². The summed E-state index contributed by atoms with van der Waals surface area (Å²) < 4.78 is 2.29. The molecule has 0 spiro atoms. The van der Waals surface area contributed by atoms with Crippen molar-refractivity contribution in [1.82, 2.24) is 0 Å². The summed E-state index contributed by atoms with van der Waals surface area (Å²) in [5.74, 6) is 1.28. The Morgan fingerprint density at radius 2 is 1.23 bits per heavy atom. The van der Waals surface area contributed by atoms with E-state index in [0.29, 0.717) is 29.2 Å². The third-order valence-electron chi connectivity index (χ3n) is 11.6. The van der Waals surface area contributed by atoms with E-state index in [9.17, 15) is 9.59 Å². The second-order valence-corrected chi connectivity index (χ2v) is 18.8. The minimum atomic E-state index is -0.0576. The summed E-state index contributed by atoms with van der Waals surface area (Å²) in [5, 5.41) is 2.14. The van der Waals surface area contributed by atoms with Crippen molar-refractivity contribution in [2.45, 2.75) is 44.9 Å². The number of hydrogen-bond acceptors (Lipinski definition) is 6. The lowest BCUT2D eigenvalue weighted by molar-refractivity contribution is -0.540. The second-order valence-electron chi connectivity index (χ2n) is 16.7. The molecule has 60 heavy (non-hydrogen) atoms. The van der Waals surface area contributed by atoms with E-state index in [1.807, 2.05) is 0 Å². The zero-order valence-electron chi connectivity index (χ0n) is 36.4. The molecule has 310 valence electrons. The van der Waals surface area contributed by atoms with Gasteiger partial charge in [0.15, 0.2) is 5.71 Å². The fraction of sp³-hybridized carbons (Fsp3) is 0.288. The third kappa shape index (κ3) is 10.8. The van der Waals surface area contributed by atoms with Gasteiger partial charge >= 0.3 is 0 Å². The number of fused-ring (bicyclic) bond motifs is 1. The van der Waals surface area contributed by atoms with Crippen molar-refractivity contribution < 1.29 is 19.5 Å². The Morgan fingerprint density at radius 1 is 0.700 bits per heavy atom. The summed E-state index contributed by atoms with van der Waals surface area (Å²) in [7, 11) is 8.34. The number of nitrogens with two attached hydrogens (primary N) is 1. The lowest BCUT2D eigenvalue weighted by atomic mass is 9.80. The second kappa shape index (κ2) is 19.9. The van der Waals surface area contributed by atoms with Crippen LogP contribution in [0.3, 0.4) is 0 Å². The van der Waals surface area contributed by atoms with Crippen molar-refractivity contribution in [2.75, 3.05) is 62.6 Å². The fourth-order valence-corrected chi connectivity index (χ4v) is 9.56. The molecule has 2 N–H and O–H groups in total. The quantitative estimate of drug-likeness (QED) is 0.0744. The monoisotopic (exact) mass is 836 g/mol. The predicted octanol–water partition coefficient (Wildman–Crippen LogP) is 10.6. The summed E-state index contributed by atoms with van der Waals surface area (Å²) in [6.45, 7) is 10.6. The van der Waals surface area contributed by atoms with Gasteiger partial charge in [0.1, 0.15) is 12.7 Å². The normalized spacial score (nSPS) is 13.6. The van der Waals surface area contributed by atoms with Gasteiger partial charge in [-0.25, -0.2) is 0 Å². The van der Waals surface area contributed by atoms with Crippen LogP contribution in [0, 0.1) is 0 Å². The fourth-order valence-electron chi connectivity index (χ4n) is 7.87. The topological polar surface area (TPSA) is 60.2 Å². The first-order valence-electron chi connectivity index (χ1n) is 20.8. The summed E-state index contributed by atoms with van der Waals surface area (Å²) >= 11 is 2.58. The van der Waals surface area contributed by atoms with Crippen LogP contribution in [0.1, 0.15) is 77.1 Å². The van der Waals surface area contributed by atoms with Gasteiger partial charge in [-0.15, -0.1) is 0 Å². The van der Waals surface area contributed by atoms with Gasteiger partial charge in [0.25, 0.3) is 0 Å². The van der Waals surface area contributed by atoms with Gasteiger partial charge in [-0.2, -0.15) is 4.58 Å². The molecule has 1 heterocycles. The highest BCUT2D eigenvalue weighted by atomic mass is 32.2. The van der Waals surface area contributed by atoms with E-state index in [2.05, 4.69) is 197 Å². The molecule has 6 rings (SSSR count). The van der Waals surface area contributed by atoms with Crippen LogP contribution >= 0.6 is 23.5 Å². The Balaban J connectivity index is 0.921. The molecule has 0 amide bonds. The minimum Gasteiger partial charge on any atom is -0.374 e. The van der Waals surface area contributed by atoms with Crippen molar-refractivity contribution >= 4 is 74.4 Å². The van der Waals surface area contributed by atoms with E-state index >= 15 is 0 Å². The van der Waals surface area contributed by atoms with Crippen LogP contribution in [0.25, 0.3) is 12.2 Å². The van der Waals surface area contributed by atoms with Crippen molar-refractivity contribution in [3.05, 3.63) is 167 Å². The number of nitrogens with zero attached hydrogens (tertiary/aromatic N) is 3. The van der Waals surface area contributed by atoms with Crippen molar-refractivity contribution in [3.8, 4) is 0 Å². The molecule has 0 aromatic heterocycles. The molecule has 0 saturated heterocycles. The Labute approximate surface area is 366 Å². The first-order valence-corrected chi connectivity index (χ1v) is 22.8. The number of thioether (sulfide) groups is 2. The summed E-state index contributed by atoms with van der Waals surface area (Å²) in [6.07, 6.45) is 9.82. The SMILES string of the molecule is C[NH2+]c1ccccc1C(C)(C)C/C=C/c1ccc(N(C)CCSC(=O)c2cccc(C(=O)SCCN(C)c3ccc(/C=C/C4=[N+](C)c5ccccc5C4(C)C)cc3)c2)cc1. The molecular formula is C52H60N4O2S2+2. The molecule has 0 fully saturated rings. The molecule has 0 aliphatic carbocycles. The lowest BCUT2D eigenvalue weighted by Gasteiger charge is -2.24. The highest BCUT2D eigenvalue weighted by Gasteiger charge is 2.42. The van der Waals surface area contributed by atoms with Crippen LogP contribution < -0.4 is 15.1 Å². The van der Waals surface area contributed by atoms with E-state index in [1.54, 1.807) is 24.3 Å². The molecule has 0 bridgehead atoms. The van der Waals surface area contributed by atoms with E-state index in [4.69, 9.17) is 0 Å². The summed E-state index contributed by atoms with van der Waals surface area (Å²) in [4.78, 5) is 30.7. The van der Waals surface area contributed by atoms with Crippen LogP contribution in [0.2, 0.25) is 0 Å². The number of hydrogen-bond donors (Lipinski definition) is 1. The largest absolute Gasteiger partial charge is 0.374 e. The molecule has 5 aromatic carbocycles. The van der Waals surface area contributed by atoms with Crippen LogP contribution in [0.5, 0.6) is 0 Å². The molecule has 1 aliphatic heterocycles. The number of quaternary nitrogens is 1. The number of anilines is 2. The average molecular weight is 837 g/mol. The maximum Gasteiger partial charge on any atom is 0.219 e. The van der Waals surface area contributed by atoms with Crippen LogP contribution in [0.4, 0.5) is 22.7 Å². The van der Waals surface area contributed by atoms with E-state index < -0.39 is 0 Å². The molecule has 0 unspecified atom stereocenters. The van der Waals surface area contributed by atoms with E-state index in [-0.39, 0.29) is 21.1 Å². The zero-order valence-corrected chi connectivity index (χ0v) is 38.1. The number of allylic oxidation sites excluding steroid dienone is 2. The Hall–Kier alpha value is -5.15. The highest BCUT2D eigenvalue weighted by molar-refractivity contribution is 8.14. The van der Waals surface area contributed by atoms with Gasteiger partial charge in [0.05, 0.1) is 12.5 Å². The highest BCUT2D eigenvalue weighted by Crippen LogP contribution is 2.39. The van der Waals surface area contributed by atoms with Crippen LogP contribution in [-0.2, 0) is 10.8 Å². The molecule has 0 atom stereocenters. The number of rotatable bonds is 17. The van der Waals surface area contributed by atoms with Gasteiger partial charge < -0.3 is 15.1 Å². The Morgan fingerprint density at radius 3 is 1.80 bits per heavy atom. The molecule has 1 aliphatic rings.